The molecule has 7 nitrogen and oxygen atoms in total. The van der Waals surface area contributed by atoms with Crippen molar-refractivity contribution >= 4 is 17.5 Å². The summed E-state index contributed by atoms with van der Waals surface area (Å²) >= 11 is 0. The van der Waals surface area contributed by atoms with Gasteiger partial charge in [0.2, 0.25) is 5.95 Å². The predicted octanol–water partition coefficient (Wildman–Crippen LogP) is 2.49. The van der Waals surface area contributed by atoms with Crippen molar-refractivity contribution in [3.63, 3.8) is 0 Å². The van der Waals surface area contributed by atoms with Gasteiger partial charge in [0.25, 0.3) is 0 Å². The highest BCUT2D eigenvalue weighted by Gasteiger charge is 2.27. The van der Waals surface area contributed by atoms with E-state index in [1.54, 1.807) is 6.20 Å². The van der Waals surface area contributed by atoms with Gasteiger partial charge in [0.15, 0.2) is 0 Å². The van der Waals surface area contributed by atoms with Gasteiger partial charge in [0.05, 0.1) is 23.8 Å². The topological polar surface area (TPSA) is 105 Å². The highest BCUT2D eigenvalue weighted by Crippen LogP contribution is 2.27. The van der Waals surface area contributed by atoms with Crippen LogP contribution in [0.15, 0.2) is 12.8 Å². The van der Waals surface area contributed by atoms with Gasteiger partial charge in [0.1, 0.15) is 5.82 Å². The number of nitrogens with one attached hydrogen (secondary N) is 2. The number of hydrogen-bond acceptors (Lipinski definition) is 7. The summed E-state index contributed by atoms with van der Waals surface area (Å²) in [6.45, 7) is 6.63. The Morgan fingerprint density at radius 2 is 2.04 bits per heavy atom. The Kier molecular flexibility index (Phi) is 6.32. The zero-order valence-electron chi connectivity index (χ0n) is 15.6. The molecule has 1 heterocycles. The largest absolute Gasteiger partial charge is 0.399 e. The number of nitrogens with two attached hydrogens (primary N) is 1. The number of aliphatic hydroxyl groups excluding tert-OH is 1. The van der Waals surface area contributed by atoms with E-state index >= 15 is 0 Å². The molecule has 2 aliphatic carbocycles. The Hall–Kier alpha value is -1.86. The van der Waals surface area contributed by atoms with Crippen molar-refractivity contribution in [2.75, 3.05) is 17.2 Å². The molecule has 0 unspecified atom stereocenters. The van der Waals surface area contributed by atoms with E-state index in [4.69, 9.17) is 10.5 Å². The predicted molar refractivity (Wildman–Crippen MR) is 104 cm³/mol. The number of aliphatic hydroxyl groups is 1. The van der Waals surface area contributed by atoms with Gasteiger partial charge in [-0.2, -0.15) is 4.98 Å². The second kappa shape index (κ2) is 8.68. The number of anilines is 2. The van der Waals surface area contributed by atoms with Crippen molar-refractivity contribution in [3.05, 3.63) is 18.3 Å². The quantitative estimate of drug-likeness (QED) is 0.591. The standard InChI is InChI=1S/C19H31N5O2/c1-3-26-14-9-7-13(8-10-14)22-19-21-11-15(12(2)20)18(24-19)23-16-5-4-6-17(16)25/h11,13-14,16-17,25H,2-10,20H2,1H3,(H2,21,22,23,24)/t13-,14+,16-,17-/m0/s1. The Labute approximate surface area is 155 Å². The molecule has 0 saturated heterocycles. The molecule has 0 spiro atoms. The summed E-state index contributed by atoms with van der Waals surface area (Å²) in [6, 6.07) is 0.348. The number of hydrogen-bond donors (Lipinski definition) is 4. The number of nitrogens with zero attached hydrogens (tertiary/aromatic N) is 2. The van der Waals surface area contributed by atoms with Gasteiger partial charge in [-0.1, -0.05) is 6.58 Å². The van der Waals surface area contributed by atoms with Gasteiger partial charge in [-0.15, -0.1) is 0 Å². The van der Waals surface area contributed by atoms with Crippen LogP contribution in [0.25, 0.3) is 5.70 Å². The van der Waals surface area contributed by atoms with Crippen molar-refractivity contribution in [1.82, 2.24) is 9.97 Å². The lowest BCUT2D eigenvalue weighted by Gasteiger charge is -2.29. The van der Waals surface area contributed by atoms with Gasteiger partial charge < -0.3 is 26.2 Å². The minimum absolute atomic E-state index is 0.00233. The van der Waals surface area contributed by atoms with Crippen LogP contribution < -0.4 is 16.4 Å². The summed E-state index contributed by atoms with van der Waals surface area (Å²) in [4.78, 5) is 9.03. The molecule has 0 amide bonds. The molecule has 7 heteroatoms. The number of ether oxygens (including phenoxy) is 1. The van der Waals surface area contributed by atoms with Crippen molar-refractivity contribution in [1.29, 1.82) is 0 Å². The van der Waals surface area contributed by atoms with Crippen molar-refractivity contribution in [2.24, 2.45) is 5.73 Å². The van der Waals surface area contributed by atoms with Crippen molar-refractivity contribution in [3.8, 4) is 0 Å². The van der Waals surface area contributed by atoms with E-state index in [-0.39, 0.29) is 12.1 Å². The Bertz CT molecular complexity index is 616. The summed E-state index contributed by atoms with van der Waals surface area (Å²) in [5.74, 6) is 1.23. The summed E-state index contributed by atoms with van der Waals surface area (Å²) < 4.78 is 5.71. The van der Waals surface area contributed by atoms with Crippen LogP contribution in [0.1, 0.15) is 57.4 Å². The fourth-order valence-corrected chi connectivity index (χ4v) is 3.87. The van der Waals surface area contributed by atoms with E-state index < -0.39 is 0 Å². The molecule has 2 saturated carbocycles. The van der Waals surface area contributed by atoms with Gasteiger partial charge >= 0.3 is 0 Å². The van der Waals surface area contributed by atoms with E-state index in [1.165, 1.54) is 0 Å². The fourth-order valence-electron chi connectivity index (χ4n) is 3.87. The van der Waals surface area contributed by atoms with Gasteiger partial charge in [-0.3, -0.25) is 0 Å². The maximum absolute atomic E-state index is 10.1. The molecule has 2 atom stereocenters. The first-order chi connectivity index (χ1) is 12.6. The molecule has 1 aromatic rings. The van der Waals surface area contributed by atoms with Gasteiger partial charge in [0, 0.05) is 24.5 Å². The first-order valence-corrected chi connectivity index (χ1v) is 9.71. The van der Waals surface area contributed by atoms with Crippen molar-refractivity contribution in [2.45, 2.75) is 76.2 Å². The second-order valence-electron chi connectivity index (χ2n) is 7.30. The van der Waals surface area contributed by atoms with E-state index in [2.05, 4.69) is 27.2 Å². The average Bonchev–Trinajstić information content (AvgIpc) is 3.02. The average molecular weight is 361 g/mol. The summed E-state index contributed by atoms with van der Waals surface area (Å²) in [6.07, 6.45) is 8.68. The Morgan fingerprint density at radius 3 is 2.65 bits per heavy atom. The molecule has 0 bridgehead atoms. The minimum atomic E-state index is -0.353. The third-order valence-electron chi connectivity index (χ3n) is 5.35. The van der Waals surface area contributed by atoms with Crippen LogP contribution in [-0.4, -0.2) is 46.0 Å². The van der Waals surface area contributed by atoms with E-state index in [9.17, 15) is 5.11 Å². The molecular formula is C19H31N5O2. The highest BCUT2D eigenvalue weighted by molar-refractivity contribution is 5.71. The summed E-state index contributed by atoms with van der Waals surface area (Å²) in [5, 5.41) is 16.9. The molecule has 3 rings (SSSR count). The lowest BCUT2D eigenvalue weighted by Crippen LogP contribution is -2.31. The lowest BCUT2D eigenvalue weighted by atomic mass is 9.93. The lowest BCUT2D eigenvalue weighted by molar-refractivity contribution is 0.0346. The molecule has 144 valence electrons. The monoisotopic (exact) mass is 361 g/mol. The molecule has 0 radical (unpaired) electrons. The fraction of sp³-hybridized carbons (Fsp3) is 0.684. The number of aromatic nitrogens is 2. The van der Waals surface area contributed by atoms with Gasteiger partial charge in [-0.25, -0.2) is 4.98 Å². The van der Waals surface area contributed by atoms with Crippen LogP contribution in [0, 0.1) is 0 Å². The van der Waals surface area contributed by atoms with E-state index in [1.807, 2.05) is 6.92 Å². The Morgan fingerprint density at radius 1 is 1.27 bits per heavy atom. The van der Waals surface area contributed by atoms with Crippen LogP contribution in [0.5, 0.6) is 0 Å². The number of rotatable bonds is 7. The summed E-state index contributed by atoms with van der Waals surface area (Å²) in [5.41, 5.74) is 7.00. The third kappa shape index (κ3) is 4.65. The van der Waals surface area contributed by atoms with Crippen LogP contribution in [0.4, 0.5) is 11.8 Å². The molecular weight excluding hydrogens is 330 g/mol. The zero-order valence-corrected chi connectivity index (χ0v) is 15.6. The highest BCUT2D eigenvalue weighted by atomic mass is 16.5. The normalized spacial score (nSPS) is 28.7. The van der Waals surface area contributed by atoms with E-state index in [0.29, 0.717) is 35.2 Å². The minimum Gasteiger partial charge on any atom is -0.399 e. The molecule has 0 aliphatic heterocycles. The smallest absolute Gasteiger partial charge is 0.224 e. The van der Waals surface area contributed by atoms with E-state index in [0.717, 1.165) is 51.6 Å². The molecule has 1 aromatic heterocycles. The van der Waals surface area contributed by atoms with Crippen molar-refractivity contribution < 1.29 is 9.84 Å². The van der Waals surface area contributed by atoms with Crippen LogP contribution in [-0.2, 0) is 4.74 Å². The van der Waals surface area contributed by atoms with Gasteiger partial charge in [-0.05, 0) is 51.9 Å². The van der Waals surface area contributed by atoms with Crippen LogP contribution >= 0.6 is 0 Å². The second-order valence-corrected chi connectivity index (χ2v) is 7.30. The maximum Gasteiger partial charge on any atom is 0.224 e. The third-order valence-corrected chi connectivity index (χ3v) is 5.35. The van der Waals surface area contributed by atoms with Crippen LogP contribution in [0.2, 0.25) is 0 Å². The SMILES string of the molecule is C=C(N)c1cnc(N[C@H]2CC[C@@H](OCC)CC2)nc1N[C@H]1CCC[C@@H]1O. The summed E-state index contributed by atoms with van der Waals surface area (Å²) in [7, 11) is 0. The first-order valence-electron chi connectivity index (χ1n) is 9.71. The Balaban J connectivity index is 1.66. The molecule has 5 N–H and O–H groups in total. The maximum atomic E-state index is 10.1. The molecule has 2 fully saturated rings. The molecule has 2 aliphatic rings. The molecule has 26 heavy (non-hydrogen) atoms. The first kappa shape index (κ1) is 18.9. The zero-order chi connectivity index (χ0) is 18.5. The molecule has 0 aromatic carbocycles. The van der Waals surface area contributed by atoms with Crippen LogP contribution in [0.3, 0.4) is 0 Å².